The van der Waals surface area contributed by atoms with Gasteiger partial charge in [-0.15, -0.1) is 12.3 Å². The number of hydrogen-bond acceptors (Lipinski definition) is 2. The number of aryl methyl sites for hydroxylation is 1. The topological polar surface area (TPSA) is 97.1 Å². The monoisotopic (exact) mass is 283 g/mol. The Kier molecular flexibility index (Phi) is 4.24. The van der Waals surface area contributed by atoms with E-state index in [2.05, 4.69) is 15.9 Å². The summed E-state index contributed by atoms with van der Waals surface area (Å²) < 4.78 is 0. The van der Waals surface area contributed by atoms with Crippen molar-refractivity contribution in [2.45, 2.75) is 13.3 Å². The summed E-state index contributed by atoms with van der Waals surface area (Å²) >= 11 is 0. The first-order valence-electron chi connectivity index (χ1n) is 6.51. The van der Waals surface area contributed by atoms with E-state index in [4.69, 9.17) is 17.9 Å². The number of nitrogens with two attached hydrogens (primary N) is 2. The molecule has 1 aromatic rings. The molecule has 1 aliphatic rings. The summed E-state index contributed by atoms with van der Waals surface area (Å²) in [6.07, 6.45) is 5.60. The Balaban J connectivity index is 2.18. The zero-order valence-corrected chi connectivity index (χ0v) is 11.8. The van der Waals surface area contributed by atoms with Crippen LogP contribution >= 0.6 is 0 Å². The Morgan fingerprint density at radius 3 is 2.76 bits per heavy atom. The maximum absolute atomic E-state index is 11.8. The highest BCUT2D eigenvalue weighted by Gasteiger charge is 2.30. The highest BCUT2D eigenvalue weighted by molar-refractivity contribution is 6.03. The lowest BCUT2D eigenvalue weighted by Gasteiger charge is -2.14. The molecule has 2 rings (SSSR count). The fraction of sp³-hybridized carbons (Fsp3) is 0.267. The molecule has 0 aliphatic carbocycles. The quantitative estimate of drug-likeness (QED) is 0.452. The lowest BCUT2D eigenvalue weighted by atomic mass is 10.1. The van der Waals surface area contributed by atoms with Crippen molar-refractivity contribution in [2.75, 3.05) is 6.54 Å². The van der Waals surface area contributed by atoms with Crippen LogP contribution in [0.25, 0.3) is 0 Å². The van der Waals surface area contributed by atoms with Crippen molar-refractivity contribution < 1.29 is 4.79 Å². The predicted octanol–water partition coefficient (Wildman–Crippen LogP) is 0.738. The molecule has 1 saturated heterocycles. The Morgan fingerprint density at radius 2 is 2.14 bits per heavy atom. The average molecular weight is 283 g/mol. The SMILES string of the molecule is C#CC1CC(=O)N(/C(N)=N/C(N)=Nc2ccccc2C)C1. The Bertz CT molecular complexity index is 656. The molecule has 1 unspecified atom stereocenters. The molecule has 6 nitrogen and oxygen atoms in total. The maximum atomic E-state index is 11.8. The molecular weight excluding hydrogens is 266 g/mol. The zero-order chi connectivity index (χ0) is 15.4. The summed E-state index contributed by atoms with van der Waals surface area (Å²) in [4.78, 5) is 21.3. The van der Waals surface area contributed by atoms with Crippen molar-refractivity contribution >= 4 is 23.5 Å². The van der Waals surface area contributed by atoms with Gasteiger partial charge in [-0.1, -0.05) is 18.2 Å². The van der Waals surface area contributed by atoms with Crippen LogP contribution in [0.5, 0.6) is 0 Å². The van der Waals surface area contributed by atoms with Crippen LogP contribution in [0.15, 0.2) is 34.3 Å². The molecule has 0 radical (unpaired) electrons. The maximum Gasteiger partial charge on any atom is 0.230 e. The van der Waals surface area contributed by atoms with Crippen LogP contribution in [0.3, 0.4) is 0 Å². The van der Waals surface area contributed by atoms with Gasteiger partial charge >= 0.3 is 0 Å². The van der Waals surface area contributed by atoms with Crippen molar-refractivity contribution in [3.63, 3.8) is 0 Å². The first-order valence-corrected chi connectivity index (χ1v) is 6.51. The minimum Gasteiger partial charge on any atom is -0.369 e. The number of amides is 1. The summed E-state index contributed by atoms with van der Waals surface area (Å²) in [6.45, 7) is 2.28. The summed E-state index contributed by atoms with van der Waals surface area (Å²) in [6, 6.07) is 7.50. The molecular formula is C15H17N5O. The number of para-hydroxylation sites is 1. The van der Waals surface area contributed by atoms with E-state index in [1.807, 2.05) is 31.2 Å². The third kappa shape index (κ3) is 3.39. The molecule has 1 aliphatic heterocycles. The van der Waals surface area contributed by atoms with Crippen molar-refractivity contribution in [3.8, 4) is 12.3 Å². The number of hydrogen-bond donors (Lipinski definition) is 2. The molecule has 0 bridgehead atoms. The summed E-state index contributed by atoms with van der Waals surface area (Å²) in [5.74, 6) is 2.28. The number of benzene rings is 1. The van der Waals surface area contributed by atoms with Gasteiger partial charge in [0.2, 0.25) is 17.8 Å². The first-order chi connectivity index (χ1) is 10.0. The number of nitrogens with zero attached hydrogens (tertiary/aromatic N) is 3. The number of guanidine groups is 2. The predicted molar refractivity (Wildman–Crippen MR) is 82.7 cm³/mol. The van der Waals surface area contributed by atoms with Crippen LogP contribution in [0.1, 0.15) is 12.0 Å². The van der Waals surface area contributed by atoms with Crippen molar-refractivity contribution in [2.24, 2.45) is 27.4 Å². The Morgan fingerprint density at radius 1 is 1.43 bits per heavy atom. The van der Waals surface area contributed by atoms with Gasteiger partial charge in [0.25, 0.3) is 0 Å². The number of likely N-dealkylation sites (tertiary alicyclic amines) is 1. The second kappa shape index (κ2) is 6.09. The molecule has 1 heterocycles. The van der Waals surface area contributed by atoms with E-state index in [1.54, 1.807) is 0 Å². The molecule has 0 aromatic heterocycles. The zero-order valence-electron chi connectivity index (χ0n) is 11.8. The lowest BCUT2D eigenvalue weighted by Crippen LogP contribution is -2.39. The van der Waals surface area contributed by atoms with Crippen LogP contribution < -0.4 is 11.5 Å². The molecule has 1 fully saturated rings. The highest BCUT2D eigenvalue weighted by atomic mass is 16.2. The molecule has 108 valence electrons. The number of carbonyl (C=O) groups is 1. The van der Waals surface area contributed by atoms with E-state index < -0.39 is 0 Å². The van der Waals surface area contributed by atoms with Crippen LogP contribution in [-0.2, 0) is 4.79 Å². The van der Waals surface area contributed by atoms with E-state index in [1.165, 1.54) is 4.90 Å². The smallest absolute Gasteiger partial charge is 0.230 e. The van der Waals surface area contributed by atoms with E-state index in [0.29, 0.717) is 12.2 Å². The first kappa shape index (κ1) is 14.6. The van der Waals surface area contributed by atoms with Gasteiger partial charge in [-0.25, -0.2) is 4.99 Å². The summed E-state index contributed by atoms with van der Waals surface area (Å²) in [5.41, 5.74) is 13.2. The standard InChI is InChI=1S/C15H17N5O/c1-3-11-8-13(21)20(9-11)15(17)19-14(16)18-12-7-5-4-6-10(12)2/h1,4-7,11H,8-9H2,2H3,(H4,16,17,18,19). The van der Waals surface area contributed by atoms with Crippen molar-refractivity contribution in [3.05, 3.63) is 29.8 Å². The highest BCUT2D eigenvalue weighted by Crippen LogP contribution is 2.18. The fourth-order valence-corrected chi connectivity index (χ4v) is 2.06. The number of aliphatic imine (C=N–C) groups is 2. The summed E-state index contributed by atoms with van der Waals surface area (Å²) in [5, 5.41) is 0. The van der Waals surface area contributed by atoms with Gasteiger partial charge in [0.1, 0.15) is 0 Å². The minimum absolute atomic E-state index is 0.00115. The third-order valence-electron chi connectivity index (χ3n) is 3.22. The molecule has 6 heteroatoms. The van der Waals surface area contributed by atoms with Crippen molar-refractivity contribution in [1.29, 1.82) is 0 Å². The second-order valence-corrected chi connectivity index (χ2v) is 4.80. The van der Waals surface area contributed by atoms with Crippen LogP contribution in [0, 0.1) is 25.2 Å². The largest absolute Gasteiger partial charge is 0.369 e. The summed E-state index contributed by atoms with van der Waals surface area (Å²) in [7, 11) is 0. The van der Waals surface area contributed by atoms with Gasteiger partial charge in [-0.2, -0.15) is 4.99 Å². The molecule has 1 atom stereocenters. The Hall–Kier alpha value is -2.81. The van der Waals surface area contributed by atoms with Crippen LogP contribution in [0.4, 0.5) is 5.69 Å². The molecule has 1 amide bonds. The van der Waals surface area contributed by atoms with E-state index in [0.717, 1.165) is 5.56 Å². The van der Waals surface area contributed by atoms with E-state index in [-0.39, 0.29) is 30.2 Å². The third-order valence-corrected chi connectivity index (χ3v) is 3.22. The van der Waals surface area contributed by atoms with Gasteiger partial charge in [0.05, 0.1) is 5.69 Å². The van der Waals surface area contributed by atoms with Crippen LogP contribution in [-0.4, -0.2) is 29.3 Å². The molecule has 1 aromatic carbocycles. The van der Waals surface area contributed by atoms with Gasteiger partial charge in [0.15, 0.2) is 0 Å². The number of carbonyl (C=O) groups excluding carboxylic acids is 1. The number of rotatable bonds is 1. The second-order valence-electron chi connectivity index (χ2n) is 4.80. The van der Waals surface area contributed by atoms with Gasteiger partial charge in [-0.05, 0) is 18.6 Å². The molecule has 21 heavy (non-hydrogen) atoms. The minimum atomic E-state index is -0.150. The molecule has 0 saturated carbocycles. The van der Waals surface area contributed by atoms with Gasteiger partial charge in [-0.3, -0.25) is 9.69 Å². The van der Waals surface area contributed by atoms with Crippen molar-refractivity contribution in [1.82, 2.24) is 4.90 Å². The van der Waals surface area contributed by atoms with E-state index >= 15 is 0 Å². The molecule has 0 spiro atoms. The van der Waals surface area contributed by atoms with Gasteiger partial charge < -0.3 is 11.5 Å². The number of terminal acetylenes is 1. The van der Waals surface area contributed by atoms with Crippen LogP contribution in [0.2, 0.25) is 0 Å². The average Bonchev–Trinajstić information content (AvgIpc) is 2.82. The van der Waals surface area contributed by atoms with E-state index in [9.17, 15) is 4.79 Å². The van der Waals surface area contributed by atoms with Gasteiger partial charge in [0, 0.05) is 18.9 Å². The molecule has 4 N–H and O–H groups in total. The fourth-order valence-electron chi connectivity index (χ4n) is 2.06. The Labute approximate surface area is 123 Å². The lowest BCUT2D eigenvalue weighted by molar-refractivity contribution is -0.124. The normalized spacial score (nSPS) is 19.7.